The molecular formula is C18H19F2N3O3S. The van der Waals surface area contributed by atoms with E-state index in [9.17, 15) is 22.0 Å². The second kappa shape index (κ2) is 8.12. The first-order chi connectivity index (χ1) is 12.9. The van der Waals surface area contributed by atoms with E-state index in [4.69, 9.17) is 0 Å². The molecule has 0 radical (unpaired) electrons. The average Bonchev–Trinajstić information content (AvgIpc) is 2.63. The van der Waals surface area contributed by atoms with Gasteiger partial charge in [0, 0.05) is 31.4 Å². The summed E-state index contributed by atoms with van der Waals surface area (Å²) in [4.78, 5) is 12.2. The van der Waals surface area contributed by atoms with Gasteiger partial charge in [-0.25, -0.2) is 8.78 Å². The maximum atomic E-state index is 13.2. The lowest BCUT2D eigenvalue weighted by molar-refractivity contribution is -0.116. The van der Waals surface area contributed by atoms with Gasteiger partial charge in [0.15, 0.2) is 11.6 Å². The summed E-state index contributed by atoms with van der Waals surface area (Å²) in [5.74, 6) is -2.73. The summed E-state index contributed by atoms with van der Waals surface area (Å²) in [6, 6.07) is 12.1. The Morgan fingerprint density at radius 2 is 1.70 bits per heavy atom. The molecule has 9 heteroatoms. The Labute approximate surface area is 156 Å². The van der Waals surface area contributed by atoms with Crippen molar-refractivity contribution in [2.45, 2.75) is 13.0 Å². The van der Waals surface area contributed by atoms with Crippen molar-refractivity contribution in [1.29, 1.82) is 0 Å². The van der Waals surface area contributed by atoms with Gasteiger partial charge < -0.3 is 5.32 Å². The van der Waals surface area contributed by atoms with Gasteiger partial charge in [-0.3, -0.25) is 4.79 Å². The van der Waals surface area contributed by atoms with E-state index in [0.29, 0.717) is 13.0 Å². The van der Waals surface area contributed by atoms with E-state index in [1.165, 1.54) is 10.4 Å². The van der Waals surface area contributed by atoms with Crippen molar-refractivity contribution in [2.75, 3.05) is 25.0 Å². The zero-order chi connectivity index (χ0) is 19.4. The second-order valence-electron chi connectivity index (χ2n) is 6.19. The minimum absolute atomic E-state index is 0.0643. The summed E-state index contributed by atoms with van der Waals surface area (Å²) in [6.07, 6.45) is 0.588. The third-order valence-corrected chi connectivity index (χ3v) is 6.12. The topological polar surface area (TPSA) is 69.7 Å². The molecule has 0 unspecified atom stereocenters. The number of anilines is 1. The number of rotatable bonds is 5. The minimum Gasteiger partial charge on any atom is -0.325 e. The number of carbonyl (C=O) groups is 1. The van der Waals surface area contributed by atoms with Crippen molar-refractivity contribution in [3.8, 4) is 0 Å². The highest BCUT2D eigenvalue weighted by atomic mass is 32.2. The highest BCUT2D eigenvalue weighted by Crippen LogP contribution is 2.19. The third-order valence-electron chi connectivity index (χ3n) is 4.19. The molecule has 0 saturated carbocycles. The summed E-state index contributed by atoms with van der Waals surface area (Å²) in [5.41, 5.74) is 0.920. The number of amides is 1. The summed E-state index contributed by atoms with van der Waals surface area (Å²) in [6.45, 7) is 0.425. The first-order valence-electron chi connectivity index (χ1n) is 8.40. The van der Waals surface area contributed by atoms with Crippen LogP contribution in [0.1, 0.15) is 12.0 Å². The molecular weight excluding hydrogens is 376 g/mol. The molecule has 0 bridgehead atoms. The Morgan fingerprint density at radius 1 is 1.00 bits per heavy atom. The van der Waals surface area contributed by atoms with Crippen LogP contribution in [0, 0.1) is 11.6 Å². The highest BCUT2D eigenvalue weighted by molar-refractivity contribution is 7.86. The van der Waals surface area contributed by atoms with E-state index in [2.05, 4.69) is 5.32 Å². The fourth-order valence-corrected chi connectivity index (χ4v) is 4.50. The minimum atomic E-state index is -3.79. The number of hydrogen-bond donors (Lipinski definition) is 1. The number of halogens is 2. The van der Waals surface area contributed by atoms with E-state index in [1.54, 1.807) is 0 Å². The van der Waals surface area contributed by atoms with Gasteiger partial charge in [-0.1, -0.05) is 30.3 Å². The van der Waals surface area contributed by atoms with Gasteiger partial charge >= 0.3 is 0 Å². The van der Waals surface area contributed by atoms with Crippen LogP contribution in [0.3, 0.4) is 0 Å². The lowest BCUT2D eigenvalue weighted by Gasteiger charge is -2.34. The molecule has 27 heavy (non-hydrogen) atoms. The predicted octanol–water partition coefficient (Wildman–Crippen LogP) is 2.36. The van der Waals surface area contributed by atoms with Crippen LogP contribution in [-0.2, 0) is 21.5 Å². The Balaban J connectivity index is 1.66. The maximum Gasteiger partial charge on any atom is 0.282 e. The van der Waals surface area contributed by atoms with Crippen LogP contribution >= 0.6 is 0 Å². The standard InChI is InChI=1S/C18H19F2N3O3S/c19-16-8-7-15(11-17(16)20)21-18(24)13-23-10-4-9-22(27(23,25)26)12-14-5-2-1-3-6-14/h1-3,5-8,11H,4,9-10,12-13H2,(H,21,24). The summed E-state index contributed by atoms with van der Waals surface area (Å²) in [5, 5.41) is 2.39. The van der Waals surface area contributed by atoms with E-state index < -0.39 is 34.3 Å². The first-order valence-corrected chi connectivity index (χ1v) is 9.80. The molecule has 2 aromatic rings. The summed E-state index contributed by atoms with van der Waals surface area (Å²) in [7, 11) is -3.79. The second-order valence-corrected chi connectivity index (χ2v) is 8.12. The molecule has 0 aliphatic carbocycles. The third kappa shape index (κ3) is 4.68. The summed E-state index contributed by atoms with van der Waals surface area (Å²) >= 11 is 0. The van der Waals surface area contributed by atoms with Crippen molar-refractivity contribution in [3.05, 3.63) is 65.7 Å². The van der Waals surface area contributed by atoms with Crippen LogP contribution in [-0.4, -0.2) is 42.6 Å². The van der Waals surface area contributed by atoms with Crippen molar-refractivity contribution >= 4 is 21.8 Å². The van der Waals surface area contributed by atoms with Gasteiger partial charge in [0.1, 0.15) is 0 Å². The SMILES string of the molecule is O=C(CN1CCCN(Cc2ccccc2)S1(=O)=O)Nc1ccc(F)c(F)c1. The van der Waals surface area contributed by atoms with E-state index in [-0.39, 0.29) is 18.8 Å². The van der Waals surface area contributed by atoms with Gasteiger partial charge in [0.05, 0.1) is 6.54 Å². The molecule has 0 atom stereocenters. The molecule has 1 aliphatic rings. The van der Waals surface area contributed by atoms with Gasteiger partial charge in [0.25, 0.3) is 10.2 Å². The first kappa shape index (κ1) is 19.4. The molecule has 1 fully saturated rings. The maximum absolute atomic E-state index is 13.2. The normalized spacial score (nSPS) is 17.6. The largest absolute Gasteiger partial charge is 0.325 e. The predicted molar refractivity (Wildman–Crippen MR) is 96.9 cm³/mol. The Morgan fingerprint density at radius 3 is 2.41 bits per heavy atom. The van der Waals surface area contributed by atoms with E-state index in [0.717, 1.165) is 22.0 Å². The fraction of sp³-hybridized carbons (Fsp3) is 0.278. The van der Waals surface area contributed by atoms with Crippen molar-refractivity contribution in [2.24, 2.45) is 0 Å². The monoisotopic (exact) mass is 395 g/mol. The molecule has 6 nitrogen and oxygen atoms in total. The zero-order valence-corrected chi connectivity index (χ0v) is 15.3. The molecule has 2 aromatic carbocycles. The van der Waals surface area contributed by atoms with Gasteiger partial charge in [0.2, 0.25) is 5.91 Å². The lowest BCUT2D eigenvalue weighted by Crippen LogP contribution is -2.51. The molecule has 1 amide bonds. The molecule has 0 aromatic heterocycles. The van der Waals surface area contributed by atoms with Crippen LogP contribution in [0.2, 0.25) is 0 Å². The van der Waals surface area contributed by atoms with Gasteiger partial charge in [-0.05, 0) is 24.1 Å². The molecule has 1 saturated heterocycles. The van der Waals surface area contributed by atoms with E-state index >= 15 is 0 Å². The molecule has 3 rings (SSSR count). The Kier molecular flexibility index (Phi) is 5.83. The molecule has 1 aliphatic heterocycles. The zero-order valence-electron chi connectivity index (χ0n) is 14.4. The van der Waals surface area contributed by atoms with Crippen LogP contribution in [0.5, 0.6) is 0 Å². The lowest BCUT2D eigenvalue weighted by atomic mass is 10.2. The van der Waals surface area contributed by atoms with Crippen molar-refractivity contribution in [3.63, 3.8) is 0 Å². The fourth-order valence-electron chi connectivity index (χ4n) is 2.86. The van der Waals surface area contributed by atoms with Gasteiger partial charge in [-0.2, -0.15) is 17.0 Å². The number of carbonyl (C=O) groups excluding carboxylic acids is 1. The highest BCUT2D eigenvalue weighted by Gasteiger charge is 2.34. The quantitative estimate of drug-likeness (QED) is 0.845. The van der Waals surface area contributed by atoms with Crippen LogP contribution in [0.25, 0.3) is 0 Å². The number of nitrogens with zero attached hydrogens (tertiary/aromatic N) is 2. The molecule has 1 heterocycles. The van der Waals surface area contributed by atoms with Gasteiger partial charge in [-0.15, -0.1) is 0 Å². The Bertz CT molecular complexity index is 923. The van der Waals surface area contributed by atoms with Crippen molar-refractivity contribution < 1.29 is 22.0 Å². The Hall–Kier alpha value is -2.36. The van der Waals surface area contributed by atoms with Crippen LogP contribution in [0.15, 0.2) is 48.5 Å². The molecule has 144 valence electrons. The molecule has 0 spiro atoms. The number of benzene rings is 2. The number of hydrogen-bond acceptors (Lipinski definition) is 3. The van der Waals surface area contributed by atoms with Crippen LogP contribution < -0.4 is 5.32 Å². The smallest absolute Gasteiger partial charge is 0.282 e. The van der Waals surface area contributed by atoms with Crippen LogP contribution in [0.4, 0.5) is 14.5 Å². The molecule has 1 N–H and O–H groups in total. The van der Waals surface area contributed by atoms with E-state index in [1.807, 2.05) is 30.3 Å². The number of nitrogens with one attached hydrogen (secondary N) is 1. The van der Waals surface area contributed by atoms with Crippen molar-refractivity contribution in [1.82, 2.24) is 8.61 Å². The summed E-state index contributed by atoms with van der Waals surface area (Å²) < 4.78 is 54.1. The average molecular weight is 395 g/mol.